The molecule has 2 N–H and O–H groups in total. The van der Waals surface area contributed by atoms with Crippen molar-refractivity contribution in [2.24, 2.45) is 0 Å². The van der Waals surface area contributed by atoms with Gasteiger partial charge in [-0.3, -0.25) is 0 Å². The van der Waals surface area contributed by atoms with Crippen LogP contribution in [0.5, 0.6) is 0 Å². The highest BCUT2D eigenvalue weighted by atomic mass is 16.3. The lowest BCUT2D eigenvalue weighted by Crippen LogP contribution is -2.10. The van der Waals surface area contributed by atoms with Gasteiger partial charge in [0.1, 0.15) is 0 Å². The average Bonchev–Trinajstić information content (AvgIpc) is 2.26. The van der Waals surface area contributed by atoms with Crippen molar-refractivity contribution in [2.45, 2.75) is 63.9 Å². The summed E-state index contributed by atoms with van der Waals surface area (Å²) in [6, 6.07) is 0. The quantitative estimate of drug-likeness (QED) is 0.410. The van der Waals surface area contributed by atoms with E-state index in [0.29, 0.717) is 0 Å². The molecule has 0 aliphatic heterocycles. The molecule has 0 rings (SSSR count). The second-order valence-electron chi connectivity index (χ2n) is 4.18. The summed E-state index contributed by atoms with van der Waals surface area (Å²) >= 11 is 0. The predicted octanol–water partition coefficient (Wildman–Crippen LogP) is 3.04. The van der Waals surface area contributed by atoms with E-state index in [9.17, 15) is 0 Å². The van der Waals surface area contributed by atoms with Gasteiger partial charge in [0.25, 0.3) is 0 Å². The molecule has 0 saturated carbocycles. The van der Waals surface area contributed by atoms with Crippen molar-refractivity contribution in [2.75, 3.05) is 6.61 Å². The summed E-state index contributed by atoms with van der Waals surface area (Å²) in [7, 11) is 0. The lowest BCUT2D eigenvalue weighted by molar-refractivity contribution is 0.0860. The van der Waals surface area contributed by atoms with Crippen LogP contribution in [0, 0.1) is 0 Å². The van der Waals surface area contributed by atoms with Gasteiger partial charge in [-0.25, -0.2) is 0 Å². The molecule has 0 fully saturated rings. The molecule has 90 valence electrons. The van der Waals surface area contributed by atoms with Crippen LogP contribution in [0.2, 0.25) is 0 Å². The molecule has 0 spiro atoms. The zero-order chi connectivity index (χ0) is 11.4. The van der Waals surface area contributed by atoms with Crippen molar-refractivity contribution in [3.05, 3.63) is 12.7 Å². The summed E-state index contributed by atoms with van der Waals surface area (Å²) in [6.07, 6.45) is 12.0. The molecule has 15 heavy (non-hydrogen) atoms. The van der Waals surface area contributed by atoms with Gasteiger partial charge in [0.15, 0.2) is 0 Å². The molecule has 0 heterocycles. The van der Waals surface area contributed by atoms with Crippen LogP contribution in [0.3, 0.4) is 0 Å². The summed E-state index contributed by atoms with van der Waals surface area (Å²) in [5, 5.41) is 17.7. The molecule has 0 aliphatic carbocycles. The Morgan fingerprint density at radius 2 is 1.47 bits per heavy atom. The van der Waals surface area contributed by atoms with Crippen LogP contribution in [0.4, 0.5) is 0 Å². The van der Waals surface area contributed by atoms with E-state index < -0.39 is 6.10 Å². The van der Waals surface area contributed by atoms with E-state index in [1.54, 1.807) is 0 Å². The van der Waals surface area contributed by atoms with Crippen LogP contribution in [0.1, 0.15) is 57.8 Å². The fourth-order valence-electron chi connectivity index (χ4n) is 1.64. The number of hydrogen-bond acceptors (Lipinski definition) is 2. The number of unbranched alkanes of at least 4 members (excludes halogenated alkanes) is 7. The number of allylic oxidation sites excluding steroid dienone is 1. The lowest BCUT2D eigenvalue weighted by atomic mass is 10.1. The summed E-state index contributed by atoms with van der Waals surface area (Å²) in [5.74, 6) is 0. The van der Waals surface area contributed by atoms with Gasteiger partial charge in [0.2, 0.25) is 0 Å². The molecular formula is C13H26O2. The van der Waals surface area contributed by atoms with Crippen molar-refractivity contribution in [3.63, 3.8) is 0 Å². The summed E-state index contributed by atoms with van der Waals surface area (Å²) in [5.41, 5.74) is 0. The molecular weight excluding hydrogens is 188 g/mol. The Morgan fingerprint density at radius 1 is 0.933 bits per heavy atom. The molecule has 0 aromatic carbocycles. The van der Waals surface area contributed by atoms with E-state index in [4.69, 9.17) is 10.2 Å². The maximum absolute atomic E-state index is 9.10. The molecule has 1 unspecified atom stereocenters. The van der Waals surface area contributed by atoms with Gasteiger partial charge in [0.05, 0.1) is 12.7 Å². The van der Waals surface area contributed by atoms with Crippen LogP contribution in [-0.4, -0.2) is 22.9 Å². The maximum atomic E-state index is 9.10. The van der Waals surface area contributed by atoms with Crippen LogP contribution in [0.25, 0.3) is 0 Å². The normalized spacial score (nSPS) is 12.7. The fourth-order valence-corrected chi connectivity index (χ4v) is 1.64. The van der Waals surface area contributed by atoms with Gasteiger partial charge < -0.3 is 10.2 Å². The maximum Gasteiger partial charge on any atom is 0.0770 e. The van der Waals surface area contributed by atoms with E-state index in [1.165, 1.54) is 38.5 Å². The van der Waals surface area contributed by atoms with Crippen LogP contribution in [-0.2, 0) is 0 Å². The Bertz CT molecular complexity index is 134. The summed E-state index contributed by atoms with van der Waals surface area (Å²) in [6.45, 7) is 3.60. The van der Waals surface area contributed by atoms with E-state index in [-0.39, 0.29) is 6.61 Å². The topological polar surface area (TPSA) is 40.5 Å². The Hall–Kier alpha value is -0.340. The van der Waals surface area contributed by atoms with Crippen molar-refractivity contribution in [3.8, 4) is 0 Å². The molecule has 0 aliphatic rings. The summed E-state index contributed by atoms with van der Waals surface area (Å²) < 4.78 is 0. The van der Waals surface area contributed by atoms with E-state index in [1.807, 2.05) is 6.08 Å². The van der Waals surface area contributed by atoms with E-state index in [0.717, 1.165) is 19.3 Å². The van der Waals surface area contributed by atoms with Crippen molar-refractivity contribution in [1.82, 2.24) is 0 Å². The molecule has 0 bridgehead atoms. The minimum Gasteiger partial charge on any atom is -0.394 e. The number of aliphatic hydroxyl groups is 2. The van der Waals surface area contributed by atoms with Crippen molar-refractivity contribution >= 4 is 0 Å². The Morgan fingerprint density at radius 3 is 2.00 bits per heavy atom. The number of hydrogen-bond donors (Lipinski definition) is 2. The molecule has 2 heteroatoms. The third kappa shape index (κ3) is 11.6. The zero-order valence-electron chi connectivity index (χ0n) is 9.83. The average molecular weight is 214 g/mol. The fraction of sp³-hybridized carbons (Fsp3) is 0.846. The van der Waals surface area contributed by atoms with E-state index >= 15 is 0 Å². The number of rotatable bonds is 11. The highest BCUT2D eigenvalue weighted by Gasteiger charge is 2.00. The predicted molar refractivity (Wildman–Crippen MR) is 64.8 cm³/mol. The number of aliphatic hydroxyl groups excluding tert-OH is 2. The van der Waals surface area contributed by atoms with Crippen LogP contribution < -0.4 is 0 Å². The minimum atomic E-state index is -0.502. The highest BCUT2D eigenvalue weighted by Crippen LogP contribution is 2.10. The lowest BCUT2D eigenvalue weighted by Gasteiger charge is -2.06. The van der Waals surface area contributed by atoms with Gasteiger partial charge >= 0.3 is 0 Å². The van der Waals surface area contributed by atoms with Gasteiger partial charge in [-0.05, 0) is 19.3 Å². The van der Waals surface area contributed by atoms with Crippen LogP contribution in [0.15, 0.2) is 12.7 Å². The first kappa shape index (κ1) is 14.7. The molecule has 1 atom stereocenters. The SMILES string of the molecule is C=CCCCCCCCCCC(O)CO. The third-order valence-corrected chi connectivity index (χ3v) is 2.66. The highest BCUT2D eigenvalue weighted by molar-refractivity contribution is 4.65. The molecule has 0 radical (unpaired) electrons. The third-order valence-electron chi connectivity index (χ3n) is 2.66. The van der Waals surface area contributed by atoms with E-state index in [2.05, 4.69) is 6.58 Å². The molecule has 0 aromatic heterocycles. The first-order chi connectivity index (χ1) is 7.31. The smallest absolute Gasteiger partial charge is 0.0770 e. The molecule has 0 saturated heterocycles. The first-order valence-corrected chi connectivity index (χ1v) is 6.21. The van der Waals surface area contributed by atoms with Gasteiger partial charge in [0, 0.05) is 0 Å². The van der Waals surface area contributed by atoms with Crippen molar-refractivity contribution in [1.29, 1.82) is 0 Å². The van der Waals surface area contributed by atoms with Gasteiger partial charge in [-0.15, -0.1) is 6.58 Å². The standard InChI is InChI=1S/C13H26O2/c1-2-3-4-5-6-7-8-9-10-11-13(15)12-14/h2,13-15H,1,3-12H2. The Labute approximate surface area is 94.0 Å². The molecule has 2 nitrogen and oxygen atoms in total. The first-order valence-electron chi connectivity index (χ1n) is 6.21. The molecule has 0 aromatic rings. The zero-order valence-corrected chi connectivity index (χ0v) is 9.83. The second-order valence-corrected chi connectivity index (χ2v) is 4.18. The molecule has 0 amide bonds. The van der Waals surface area contributed by atoms with Crippen molar-refractivity contribution < 1.29 is 10.2 Å². The minimum absolute atomic E-state index is 0.0957. The van der Waals surface area contributed by atoms with Crippen LogP contribution >= 0.6 is 0 Å². The largest absolute Gasteiger partial charge is 0.394 e. The Kier molecular flexibility index (Phi) is 11.5. The summed E-state index contributed by atoms with van der Waals surface area (Å²) in [4.78, 5) is 0. The van der Waals surface area contributed by atoms with Gasteiger partial charge in [-0.2, -0.15) is 0 Å². The van der Waals surface area contributed by atoms with Gasteiger partial charge in [-0.1, -0.05) is 44.6 Å². The monoisotopic (exact) mass is 214 g/mol. The second kappa shape index (κ2) is 11.7. The Balaban J connectivity index is 2.95.